The minimum atomic E-state index is -2.03. The molecule has 2 fully saturated rings. The standard InChI is InChI=1S/C40H53ClN4O9S/c1-2-53-39(52)43-17-7-20-45(38(51)37(50)36(49)35(48)33(47)25-46)19-5-6-21-55-28-12-13-32(41)26(22-28)23-44-40(15-16-40)31-24-42-18-14-29(31)30-8-3-4-9-34(30)54-27-10-11-27/h3-4,8-9,12-14,18,22,24,27,33,35-37,44,46-50H,2,5-7,10-11,15-17,19-21,23,25H2,1H3,(H,43,52). The highest BCUT2D eigenvalue weighted by molar-refractivity contribution is 7.99. The highest BCUT2D eigenvalue weighted by Crippen LogP contribution is 2.50. The Morgan fingerprint density at radius 1 is 1.02 bits per heavy atom. The van der Waals surface area contributed by atoms with E-state index in [0.29, 0.717) is 30.5 Å². The Labute approximate surface area is 331 Å². The number of hydrogen-bond acceptors (Lipinski definition) is 12. The second kappa shape index (κ2) is 20.6. The van der Waals surface area contributed by atoms with Crippen molar-refractivity contribution in [2.75, 3.05) is 38.6 Å². The van der Waals surface area contributed by atoms with Crippen LogP contribution in [0.5, 0.6) is 5.75 Å². The summed E-state index contributed by atoms with van der Waals surface area (Å²) in [5.41, 5.74) is 4.09. The summed E-state index contributed by atoms with van der Waals surface area (Å²) in [4.78, 5) is 31.7. The number of aliphatic hydroxyl groups excluding tert-OH is 5. The summed E-state index contributed by atoms with van der Waals surface area (Å²) >= 11 is 8.35. The third kappa shape index (κ3) is 12.0. The lowest BCUT2D eigenvalue weighted by molar-refractivity contribution is -0.158. The summed E-state index contributed by atoms with van der Waals surface area (Å²) in [5, 5.41) is 56.8. The normalized spacial score (nSPS) is 16.8. The predicted molar refractivity (Wildman–Crippen MR) is 210 cm³/mol. The monoisotopic (exact) mass is 800 g/mol. The molecule has 5 rings (SSSR count). The zero-order valence-electron chi connectivity index (χ0n) is 31.1. The van der Waals surface area contributed by atoms with E-state index in [2.05, 4.69) is 33.8 Å². The molecule has 55 heavy (non-hydrogen) atoms. The smallest absolute Gasteiger partial charge is 0.407 e. The van der Waals surface area contributed by atoms with Crippen LogP contribution in [0.2, 0.25) is 5.02 Å². The molecule has 0 radical (unpaired) electrons. The number of unbranched alkanes of at least 4 members (excludes halogenated alkanes) is 1. The summed E-state index contributed by atoms with van der Waals surface area (Å²) in [7, 11) is 0. The number of para-hydroxylation sites is 1. The summed E-state index contributed by atoms with van der Waals surface area (Å²) in [6.45, 7) is 2.22. The van der Waals surface area contributed by atoms with Crippen LogP contribution in [-0.4, -0.2) is 117 Å². The Kier molecular flexibility index (Phi) is 16.0. The van der Waals surface area contributed by atoms with Crippen LogP contribution in [0.15, 0.2) is 65.8 Å². The lowest BCUT2D eigenvalue weighted by Gasteiger charge is -2.30. The van der Waals surface area contributed by atoms with E-state index in [4.69, 9.17) is 26.2 Å². The number of alkyl carbamates (subject to hydrolysis) is 1. The highest BCUT2D eigenvalue weighted by Gasteiger charge is 2.46. The lowest BCUT2D eigenvalue weighted by Crippen LogP contribution is -2.53. The number of thioether (sulfide) groups is 1. The van der Waals surface area contributed by atoms with Crippen LogP contribution >= 0.6 is 23.4 Å². The molecule has 2 aliphatic carbocycles. The van der Waals surface area contributed by atoms with Crippen molar-refractivity contribution in [1.29, 1.82) is 0 Å². The van der Waals surface area contributed by atoms with Gasteiger partial charge in [0.1, 0.15) is 24.1 Å². The van der Waals surface area contributed by atoms with Crippen LogP contribution in [0.4, 0.5) is 4.79 Å². The zero-order chi connectivity index (χ0) is 39.4. The van der Waals surface area contributed by atoms with E-state index in [1.54, 1.807) is 18.7 Å². The van der Waals surface area contributed by atoms with Crippen molar-refractivity contribution in [3.8, 4) is 16.9 Å². The van der Waals surface area contributed by atoms with Crippen molar-refractivity contribution in [3.05, 3.63) is 77.1 Å². The SMILES string of the molecule is CCOC(=O)NCCCN(CCCCSc1ccc(Cl)c(CNC2(c3cnccc3-c3ccccc3OC3CC3)CC2)c1)C(=O)C(O)C(O)C(O)C(O)CO. The van der Waals surface area contributed by atoms with Crippen LogP contribution < -0.4 is 15.4 Å². The first-order valence-corrected chi connectivity index (χ1v) is 20.3. The van der Waals surface area contributed by atoms with E-state index in [0.717, 1.165) is 70.8 Å². The van der Waals surface area contributed by atoms with Gasteiger partial charge in [0.2, 0.25) is 0 Å². The van der Waals surface area contributed by atoms with Gasteiger partial charge in [-0.2, -0.15) is 0 Å². The van der Waals surface area contributed by atoms with Crippen molar-refractivity contribution < 1.29 is 44.6 Å². The number of ether oxygens (including phenoxy) is 2. The second-order valence-corrected chi connectivity index (χ2v) is 15.6. The molecule has 300 valence electrons. The van der Waals surface area contributed by atoms with Gasteiger partial charge in [0, 0.05) is 59.6 Å². The maximum absolute atomic E-state index is 13.2. The van der Waals surface area contributed by atoms with Gasteiger partial charge in [-0.1, -0.05) is 29.8 Å². The molecule has 0 saturated heterocycles. The number of aliphatic hydroxyl groups is 5. The van der Waals surface area contributed by atoms with Crippen molar-refractivity contribution in [2.45, 2.75) is 99.4 Å². The van der Waals surface area contributed by atoms with Crippen LogP contribution in [-0.2, 0) is 21.6 Å². The fraction of sp³-hybridized carbons (Fsp3) is 0.525. The molecule has 2 aromatic carbocycles. The Balaban J connectivity index is 1.15. The quantitative estimate of drug-likeness (QED) is 0.0540. The molecule has 3 aromatic rings. The summed E-state index contributed by atoms with van der Waals surface area (Å²) in [6, 6.07) is 16.2. The fourth-order valence-corrected chi connectivity index (χ4v) is 7.46. The number of carbonyl (C=O) groups excluding carboxylic acids is 2. The molecule has 4 unspecified atom stereocenters. The van der Waals surface area contributed by atoms with Crippen LogP contribution in [0, 0.1) is 0 Å². The number of amides is 2. The molecule has 1 aromatic heterocycles. The Hall–Kier alpha value is -3.47. The number of nitrogens with zero attached hydrogens (tertiary/aromatic N) is 2. The van der Waals surface area contributed by atoms with Gasteiger partial charge in [-0.3, -0.25) is 9.78 Å². The van der Waals surface area contributed by atoms with E-state index >= 15 is 0 Å². The van der Waals surface area contributed by atoms with Gasteiger partial charge in [-0.15, -0.1) is 11.8 Å². The third-order valence-electron chi connectivity index (χ3n) is 9.78. The molecule has 2 amide bonds. The second-order valence-electron chi connectivity index (χ2n) is 14.0. The number of nitrogens with one attached hydrogen (secondary N) is 2. The van der Waals surface area contributed by atoms with Gasteiger partial charge in [0.15, 0.2) is 6.10 Å². The number of halogens is 1. The maximum Gasteiger partial charge on any atom is 0.407 e. The summed E-state index contributed by atoms with van der Waals surface area (Å²) < 4.78 is 11.1. The van der Waals surface area contributed by atoms with E-state index < -0.39 is 43.0 Å². The van der Waals surface area contributed by atoms with Crippen LogP contribution in [0.3, 0.4) is 0 Å². The molecule has 2 saturated carbocycles. The van der Waals surface area contributed by atoms with E-state index in [9.17, 15) is 30.0 Å². The van der Waals surface area contributed by atoms with Crippen molar-refractivity contribution in [2.24, 2.45) is 0 Å². The largest absolute Gasteiger partial charge is 0.490 e. The maximum atomic E-state index is 13.2. The van der Waals surface area contributed by atoms with Gasteiger partial charge in [0.25, 0.3) is 5.91 Å². The first-order valence-electron chi connectivity index (χ1n) is 19.0. The summed E-state index contributed by atoms with van der Waals surface area (Å²) in [5.74, 6) is 0.798. The average molecular weight is 801 g/mol. The molecule has 0 aliphatic heterocycles. The topological polar surface area (TPSA) is 194 Å². The number of pyridine rings is 1. The predicted octanol–water partition coefficient (Wildman–Crippen LogP) is 4.00. The molecular weight excluding hydrogens is 748 g/mol. The zero-order valence-corrected chi connectivity index (χ0v) is 32.7. The molecular formula is C40H53ClN4O9S. The van der Waals surface area contributed by atoms with Crippen LogP contribution in [0.1, 0.15) is 63.0 Å². The minimum Gasteiger partial charge on any atom is -0.490 e. The average Bonchev–Trinajstić information content (AvgIpc) is 4.15. The molecule has 1 heterocycles. The molecule has 2 aliphatic rings. The molecule has 0 bridgehead atoms. The minimum absolute atomic E-state index is 0.150. The van der Waals surface area contributed by atoms with Crippen LogP contribution in [0.25, 0.3) is 11.1 Å². The Morgan fingerprint density at radius 3 is 2.51 bits per heavy atom. The number of aromatic nitrogens is 1. The fourth-order valence-electron chi connectivity index (χ4n) is 6.30. The first-order chi connectivity index (χ1) is 26.6. The molecule has 7 N–H and O–H groups in total. The lowest BCUT2D eigenvalue weighted by atomic mass is 9.94. The number of benzene rings is 2. The van der Waals surface area contributed by atoms with E-state index in [1.807, 2.05) is 42.7 Å². The van der Waals surface area contributed by atoms with E-state index in [-0.39, 0.29) is 31.8 Å². The molecule has 4 atom stereocenters. The van der Waals surface area contributed by atoms with Gasteiger partial charge in [-0.25, -0.2) is 4.79 Å². The van der Waals surface area contributed by atoms with Gasteiger partial charge in [0.05, 0.1) is 19.3 Å². The molecule has 0 spiro atoms. The highest BCUT2D eigenvalue weighted by atomic mass is 35.5. The van der Waals surface area contributed by atoms with Gasteiger partial charge < -0.3 is 50.5 Å². The van der Waals surface area contributed by atoms with Crippen molar-refractivity contribution >= 4 is 35.4 Å². The summed E-state index contributed by atoms with van der Waals surface area (Å²) in [6.07, 6.45) is 1.56. The number of rotatable bonds is 23. The van der Waals surface area contributed by atoms with Crippen molar-refractivity contribution in [3.63, 3.8) is 0 Å². The van der Waals surface area contributed by atoms with Gasteiger partial charge >= 0.3 is 6.09 Å². The van der Waals surface area contributed by atoms with E-state index in [1.165, 1.54) is 4.90 Å². The number of hydrogen-bond donors (Lipinski definition) is 7. The Morgan fingerprint density at radius 2 is 1.78 bits per heavy atom. The molecule has 13 nitrogen and oxygen atoms in total. The van der Waals surface area contributed by atoms with Gasteiger partial charge in [-0.05, 0) is 105 Å². The Bertz CT molecular complexity index is 1710. The van der Waals surface area contributed by atoms with Crippen molar-refractivity contribution in [1.82, 2.24) is 20.5 Å². The number of carbonyl (C=O) groups is 2. The third-order valence-corrected chi connectivity index (χ3v) is 11.2. The molecule has 15 heteroatoms. The first kappa shape index (κ1) is 42.7.